The molecule has 0 aromatic heterocycles. The maximum atomic E-state index is 5.56. The monoisotopic (exact) mass is 199 g/mol. The van der Waals surface area contributed by atoms with Crippen LogP contribution in [0.2, 0.25) is 0 Å². The highest BCUT2D eigenvalue weighted by atomic mass is 16.5. The zero-order valence-corrected chi connectivity index (χ0v) is 9.72. The molecule has 0 radical (unpaired) electrons. The largest absolute Gasteiger partial charge is 0.381 e. The van der Waals surface area contributed by atoms with E-state index in [2.05, 4.69) is 19.2 Å². The van der Waals surface area contributed by atoms with Crippen molar-refractivity contribution in [3.8, 4) is 0 Å². The highest BCUT2D eigenvalue weighted by Crippen LogP contribution is 2.28. The first-order valence-electron chi connectivity index (χ1n) is 6.14. The average molecular weight is 199 g/mol. The molecule has 84 valence electrons. The molecule has 1 aliphatic carbocycles. The Kier molecular flexibility index (Phi) is 6.20. The van der Waals surface area contributed by atoms with E-state index in [1.165, 1.54) is 25.7 Å². The van der Waals surface area contributed by atoms with E-state index in [1.807, 2.05) is 0 Å². The van der Waals surface area contributed by atoms with E-state index in [0.29, 0.717) is 6.04 Å². The van der Waals surface area contributed by atoms with Gasteiger partial charge < -0.3 is 10.1 Å². The molecule has 0 aromatic rings. The molecule has 2 nitrogen and oxygen atoms in total. The van der Waals surface area contributed by atoms with Crippen molar-refractivity contribution in [1.82, 2.24) is 5.32 Å². The van der Waals surface area contributed by atoms with Crippen LogP contribution >= 0.6 is 0 Å². The highest BCUT2D eigenvalue weighted by molar-refractivity contribution is 4.71. The van der Waals surface area contributed by atoms with Crippen LogP contribution in [0.1, 0.15) is 46.0 Å². The fourth-order valence-corrected chi connectivity index (χ4v) is 1.59. The fourth-order valence-electron chi connectivity index (χ4n) is 1.59. The van der Waals surface area contributed by atoms with Gasteiger partial charge in [-0.25, -0.2) is 0 Å². The molecule has 1 rings (SSSR count). The lowest BCUT2D eigenvalue weighted by Crippen LogP contribution is -2.27. The summed E-state index contributed by atoms with van der Waals surface area (Å²) in [6, 6.07) is 0.670. The van der Waals surface area contributed by atoms with Gasteiger partial charge in [0.1, 0.15) is 0 Å². The normalized spacial score (nSPS) is 18.4. The molecule has 14 heavy (non-hydrogen) atoms. The second kappa shape index (κ2) is 7.24. The second-order valence-electron chi connectivity index (χ2n) is 4.52. The van der Waals surface area contributed by atoms with E-state index in [9.17, 15) is 0 Å². The standard InChI is InChI=1S/C12H25NO/c1-3-5-11(2)13-8-4-9-14-10-12-6-7-12/h11-13H,3-10H2,1-2H3. The van der Waals surface area contributed by atoms with Crippen LogP contribution < -0.4 is 5.32 Å². The summed E-state index contributed by atoms with van der Waals surface area (Å²) >= 11 is 0. The predicted octanol–water partition coefficient (Wildman–Crippen LogP) is 2.58. The van der Waals surface area contributed by atoms with Gasteiger partial charge in [-0.2, -0.15) is 0 Å². The van der Waals surface area contributed by atoms with E-state index >= 15 is 0 Å². The average Bonchev–Trinajstić information content (AvgIpc) is 2.95. The molecule has 1 aliphatic rings. The number of nitrogens with one attached hydrogen (secondary N) is 1. The topological polar surface area (TPSA) is 21.3 Å². The first-order valence-corrected chi connectivity index (χ1v) is 6.14. The molecule has 0 bridgehead atoms. The van der Waals surface area contributed by atoms with Crippen LogP contribution in [0, 0.1) is 5.92 Å². The van der Waals surface area contributed by atoms with E-state index in [0.717, 1.165) is 32.1 Å². The van der Waals surface area contributed by atoms with Gasteiger partial charge >= 0.3 is 0 Å². The van der Waals surface area contributed by atoms with Crippen molar-refractivity contribution in [2.24, 2.45) is 5.92 Å². The zero-order valence-electron chi connectivity index (χ0n) is 9.72. The molecule has 0 aliphatic heterocycles. The van der Waals surface area contributed by atoms with Crippen molar-refractivity contribution in [3.05, 3.63) is 0 Å². The minimum atomic E-state index is 0.670. The van der Waals surface area contributed by atoms with Gasteiger partial charge in [-0.15, -0.1) is 0 Å². The van der Waals surface area contributed by atoms with Crippen LogP contribution in [0.5, 0.6) is 0 Å². The summed E-state index contributed by atoms with van der Waals surface area (Å²) < 4.78 is 5.56. The van der Waals surface area contributed by atoms with Gasteiger partial charge in [0.25, 0.3) is 0 Å². The zero-order chi connectivity index (χ0) is 10.2. The lowest BCUT2D eigenvalue weighted by Gasteiger charge is -2.12. The lowest BCUT2D eigenvalue weighted by molar-refractivity contribution is 0.121. The van der Waals surface area contributed by atoms with E-state index < -0.39 is 0 Å². The Morgan fingerprint density at radius 1 is 1.43 bits per heavy atom. The van der Waals surface area contributed by atoms with Gasteiger partial charge in [0.2, 0.25) is 0 Å². The lowest BCUT2D eigenvalue weighted by atomic mass is 10.2. The van der Waals surface area contributed by atoms with Crippen molar-refractivity contribution >= 4 is 0 Å². The Morgan fingerprint density at radius 3 is 2.86 bits per heavy atom. The van der Waals surface area contributed by atoms with Crippen LogP contribution in [0.3, 0.4) is 0 Å². The summed E-state index contributed by atoms with van der Waals surface area (Å²) in [4.78, 5) is 0. The molecule has 1 N–H and O–H groups in total. The highest BCUT2D eigenvalue weighted by Gasteiger charge is 2.20. The summed E-state index contributed by atoms with van der Waals surface area (Å²) in [6.07, 6.45) is 6.49. The van der Waals surface area contributed by atoms with Crippen molar-refractivity contribution in [1.29, 1.82) is 0 Å². The first kappa shape index (κ1) is 12.0. The molecular weight excluding hydrogens is 174 g/mol. The van der Waals surface area contributed by atoms with Gasteiger partial charge in [0.05, 0.1) is 0 Å². The summed E-state index contributed by atoms with van der Waals surface area (Å²) in [5, 5.41) is 3.51. The minimum absolute atomic E-state index is 0.670. The summed E-state index contributed by atoms with van der Waals surface area (Å²) in [5.74, 6) is 0.905. The molecule has 2 heteroatoms. The number of ether oxygens (including phenoxy) is 1. The van der Waals surface area contributed by atoms with Crippen LogP contribution in [0.15, 0.2) is 0 Å². The van der Waals surface area contributed by atoms with Crippen LogP contribution in [0.25, 0.3) is 0 Å². The molecule has 0 aromatic carbocycles. The Bertz CT molecular complexity index is 134. The maximum Gasteiger partial charge on any atom is 0.0494 e. The third-order valence-corrected chi connectivity index (χ3v) is 2.73. The first-order chi connectivity index (χ1) is 6.83. The van der Waals surface area contributed by atoms with Crippen LogP contribution in [-0.2, 0) is 4.74 Å². The molecule has 1 saturated carbocycles. The summed E-state index contributed by atoms with van der Waals surface area (Å²) in [5.41, 5.74) is 0. The van der Waals surface area contributed by atoms with Gasteiger partial charge in [-0.1, -0.05) is 13.3 Å². The maximum absolute atomic E-state index is 5.56. The van der Waals surface area contributed by atoms with Crippen molar-refractivity contribution in [2.75, 3.05) is 19.8 Å². The predicted molar refractivity (Wildman–Crippen MR) is 60.5 cm³/mol. The Morgan fingerprint density at radius 2 is 2.21 bits per heavy atom. The molecule has 1 fully saturated rings. The van der Waals surface area contributed by atoms with Gasteiger partial charge in [0, 0.05) is 19.3 Å². The summed E-state index contributed by atoms with van der Waals surface area (Å²) in [6.45, 7) is 7.53. The van der Waals surface area contributed by atoms with Crippen molar-refractivity contribution in [3.63, 3.8) is 0 Å². The second-order valence-corrected chi connectivity index (χ2v) is 4.52. The van der Waals surface area contributed by atoms with Gasteiger partial charge in [-0.3, -0.25) is 0 Å². The Hall–Kier alpha value is -0.0800. The van der Waals surface area contributed by atoms with Crippen molar-refractivity contribution < 1.29 is 4.74 Å². The SMILES string of the molecule is CCCC(C)NCCCOCC1CC1. The van der Waals surface area contributed by atoms with E-state index in [4.69, 9.17) is 4.74 Å². The van der Waals surface area contributed by atoms with Gasteiger partial charge in [0.15, 0.2) is 0 Å². The summed E-state index contributed by atoms with van der Waals surface area (Å²) in [7, 11) is 0. The number of hydrogen-bond donors (Lipinski definition) is 1. The number of hydrogen-bond acceptors (Lipinski definition) is 2. The minimum Gasteiger partial charge on any atom is -0.381 e. The molecule has 0 spiro atoms. The smallest absolute Gasteiger partial charge is 0.0494 e. The molecule has 1 atom stereocenters. The quantitative estimate of drug-likeness (QED) is 0.576. The molecule has 0 amide bonds. The van der Waals surface area contributed by atoms with E-state index in [-0.39, 0.29) is 0 Å². The van der Waals surface area contributed by atoms with Crippen LogP contribution in [0.4, 0.5) is 0 Å². The molecule has 1 unspecified atom stereocenters. The molecular formula is C12H25NO. The van der Waals surface area contributed by atoms with E-state index in [1.54, 1.807) is 0 Å². The molecule has 0 heterocycles. The van der Waals surface area contributed by atoms with Crippen molar-refractivity contribution in [2.45, 2.75) is 52.0 Å². The third kappa shape index (κ3) is 6.39. The third-order valence-electron chi connectivity index (χ3n) is 2.73. The number of rotatable bonds is 9. The Labute approximate surface area is 88.4 Å². The molecule has 0 saturated heterocycles. The van der Waals surface area contributed by atoms with Crippen LogP contribution in [-0.4, -0.2) is 25.8 Å². The Balaban J connectivity index is 1.74. The van der Waals surface area contributed by atoms with Gasteiger partial charge in [-0.05, 0) is 45.1 Å². The fraction of sp³-hybridized carbons (Fsp3) is 1.00.